The minimum atomic E-state index is -0.709. The van der Waals surface area contributed by atoms with Crippen LogP contribution in [-0.2, 0) is 17.2 Å². The zero-order valence-corrected chi connectivity index (χ0v) is 16.1. The first-order valence-corrected chi connectivity index (χ1v) is 10.7. The highest BCUT2D eigenvalue weighted by molar-refractivity contribution is 7.85. The van der Waals surface area contributed by atoms with Crippen molar-refractivity contribution in [2.75, 3.05) is 18.8 Å². The minimum Gasteiger partial charge on any atom is -0.508 e. The van der Waals surface area contributed by atoms with Gasteiger partial charge in [0.2, 0.25) is 0 Å². The topological polar surface area (TPSA) is 73.7 Å². The van der Waals surface area contributed by atoms with Gasteiger partial charge in [0.15, 0.2) is 5.96 Å². The van der Waals surface area contributed by atoms with E-state index in [1.807, 2.05) is 19.1 Å². The van der Waals surface area contributed by atoms with Crippen LogP contribution in [0.1, 0.15) is 45.1 Å². The van der Waals surface area contributed by atoms with Crippen LogP contribution in [0.2, 0.25) is 0 Å². The van der Waals surface area contributed by atoms with E-state index in [1.165, 1.54) is 0 Å². The molecule has 1 aliphatic rings. The summed E-state index contributed by atoms with van der Waals surface area (Å²) in [4.78, 5) is 4.66. The average Bonchev–Trinajstić information content (AvgIpc) is 2.61. The van der Waals surface area contributed by atoms with Crippen molar-refractivity contribution in [3.63, 3.8) is 0 Å². The molecular formula is C19H31N3O2S. The van der Waals surface area contributed by atoms with Gasteiger partial charge in [-0.2, -0.15) is 0 Å². The van der Waals surface area contributed by atoms with E-state index in [0.717, 1.165) is 55.9 Å². The first kappa shape index (κ1) is 19.8. The molecule has 5 nitrogen and oxygen atoms in total. The Bertz CT molecular complexity index is 592. The van der Waals surface area contributed by atoms with Crippen molar-refractivity contribution < 1.29 is 9.32 Å². The van der Waals surface area contributed by atoms with E-state index in [9.17, 15) is 9.32 Å². The molecular weight excluding hydrogens is 334 g/mol. The Morgan fingerprint density at radius 1 is 1.36 bits per heavy atom. The molecule has 0 aromatic heterocycles. The van der Waals surface area contributed by atoms with Crippen LogP contribution in [0.15, 0.2) is 29.3 Å². The van der Waals surface area contributed by atoms with Gasteiger partial charge in [-0.3, -0.25) is 9.20 Å². The van der Waals surface area contributed by atoms with Crippen LogP contribution in [0.3, 0.4) is 0 Å². The molecule has 140 valence electrons. The highest BCUT2D eigenvalue weighted by Crippen LogP contribution is 2.23. The first-order chi connectivity index (χ1) is 12.1. The average molecular weight is 366 g/mol. The second-order valence-electron chi connectivity index (χ2n) is 6.48. The molecule has 0 aliphatic heterocycles. The van der Waals surface area contributed by atoms with Crippen molar-refractivity contribution in [2.24, 2.45) is 4.99 Å². The molecule has 0 heterocycles. The van der Waals surface area contributed by atoms with Gasteiger partial charge in [0, 0.05) is 40.9 Å². The molecule has 2 rings (SSSR count). The molecule has 1 saturated carbocycles. The summed E-state index contributed by atoms with van der Waals surface area (Å²) in [5.74, 6) is 1.87. The van der Waals surface area contributed by atoms with Crippen molar-refractivity contribution in [2.45, 2.75) is 57.2 Å². The van der Waals surface area contributed by atoms with Crippen LogP contribution in [0.25, 0.3) is 0 Å². The maximum atomic E-state index is 12.1. The van der Waals surface area contributed by atoms with Crippen molar-refractivity contribution in [3.8, 4) is 5.75 Å². The summed E-state index contributed by atoms with van der Waals surface area (Å²) in [6.45, 7) is 5.53. The zero-order valence-electron chi connectivity index (χ0n) is 15.3. The van der Waals surface area contributed by atoms with Crippen molar-refractivity contribution in [1.29, 1.82) is 0 Å². The molecule has 1 fully saturated rings. The monoisotopic (exact) mass is 365 g/mol. The summed E-state index contributed by atoms with van der Waals surface area (Å²) < 4.78 is 12.1. The van der Waals surface area contributed by atoms with Gasteiger partial charge in [0.25, 0.3) is 0 Å². The predicted molar refractivity (Wildman–Crippen MR) is 106 cm³/mol. The van der Waals surface area contributed by atoms with E-state index in [0.29, 0.717) is 23.6 Å². The summed E-state index contributed by atoms with van der Waals surface area (Å²) >= 11 is 0. The number of hydrogen-bond acceptors (Lipinski definition) is 3. The van der Waals surface area contributed by atoms with Gasteiger partial charge in [0.1, 0.15) is 5.75 Å². The van der Waals surface area contributed by atoms with Gasteiger partial charge >= 0.3 is 0 Å². The van der Waals surface area contributed by atoms with E-state index in [-0.39, 0.29) is 0 Å². The third-order valence-corrected chi connectivity index (χ3v) is 6.29. The van der Waals surface area contributed by atoms with Gasteiger partial charge in [-0.1, -0.05) is 25.5 Å². The van der Waals surface area contributed by atoms with Crippen LogP contribution in [-0.4, -0.2) is 45.4 Å². The van der Waals surface area contributed by atoms with Gasteiger partial charge in [-0.15, -0.1) is 0 Å². The SMILES string of the molecule is CCNC(=NCCc1cccc(O)c1)NC1CCCC(S(=O)CC)C1. The number of rotatable bonds is 7. The number of nitrogens with zero attached hydrogens (tertiary/aromatic N) is 1. The Hall–Kier alpha value is -1.56. The number of nitrogens with one attached hydrogen (secondary N) is 2. The smallest absolute Gasteiger partial charge is 0.191 e. The molecule has 6 heteroatoms. The van der Waals surface area contributed by atoms with E-state index in [4.69, 9.17) is 0 Å². The molecule has 1 aromatic carbocycles. The second-order valence-corrected chi connectivity index (χ2v) is 8.49. The molecule has 0 bridgehead atoms. The number of phenolic OH excluding ortho intramolecular Hbond substituents is 1. The van der Waals surface area contributed by atoms with Crippen LogP contribution in [0, 0.1) is 0 Å². The molecule has 3 atom stereocenters. The summed E-state index contributed by atoms with van der Waals surface area (Å²) in [5, 5.41) is 16.7. The fourth-order valence-corrected chi connectivity index (χ4v) is 4.62. The summed E-state index contributed by atoms with van der Waals surface area (Å²) in [5.41, 5.74) is 1.08. The van der Waals surface area contributed by atoms with Gasteiger partial charge in [-0.05, 0) is 50.3 Å². The Morgan fingerprint density at radius 2 is 2.20 bits per heavy atom. The standard InChI is InChI=1S/C19H31N3O2S/c1-3-20-19(21-12-11-15-7-5-9-17(23)13-15)22-16-8-6-10-18(14-16)25(24)4-2/h5,7,9,13,16,18,23H,3-4,6,8,10-12,14H2,1-2H3,(H2,20,21,22). The Balaban J connectivity index is 1.89. The number of benzene rings is 1. The fourth-order valence-electron chi connectivity index (χ4n) is 3.27. The number of phenols is 1. The lowest BCUT2D eigenvalue weighted by Gasteiger charge is -2.30. The number of hydrogen-bond donors (Lipinski definition) is 3. The highest BCUT2D eigenvalue weighted by Gasteiger charge is 2.25. The van der Waals surface area contributed by atoms with Crippen molar-refractivity contribution in [3.05, 3.63) is 29.8 Å². The van der Waals surface area contributed by atoms with E-state index >= 15 is 0 Å². The molecule has 0 spiro atoms. The molecule has 0 amide bonds. The van der Waals surface area contributed by atoms with Gasteiger partial charge in [-0.25, -0.2) is 0 Å². The van der Waals surface area contributed by atoms with Crippen molar-refractivity contribution >= 4 is 16.8 Å². The van der Waals surface area contributed by atoms with E-state index in [2.05, 4.69) is 22.5 Å². The Labute approximate surface area is 153 Å². The zero-order chi connectivity index (χ0) is 18.1. The summed E-state index contributed by atoms with van der Waals surface area (Å²) in [6, 6.07) is 7.66. The lowest BCUT2D eigenvalue weighted by molar-refractivity contribution is 0.413. The second kappa shape index (κ2) is 10.4. The van der Waals surface area contributed by atoms with Gasteiger partial charge < -0.3 is 15.7 Å². The molecule has 3 unspecified atom stereocenters. The summed E-state index contributed by atoms with van der Waals surface area (Å²) in [6.07, 6.45) is 5.05. The predicted octanol–water partition coefficient (Wildman–Crippen LogP) is 2.57. The lowest BCUT2D eigenvalue weighted by atomic mass is 9.95. The number of aromatic hydroxyl groups is 1. The quantitative estimate of drug-likeness (QED) is 0.513. The largest absolute Gasteiger partial charge is 0.508 e. The molecule has 1 aliphatic carbocycles. The fraction of sp³-hybridized carbons (Fsp3) is 0.632. The minimum absolute atomic E-state index is 0.295. The normalized spacial score (nSPS) is 22.4. The van der Waals surface area contributed by atoms with Crippen LogP contribution < -0.4 is 10.6 Å². The van der Waals surface area contributed by atoms with Crippen LogP contribution >= 0.6 is 0 Å². The summed E-state index contributed by atoms with van der Waals surface area (Å²) in [7, 11) is -0.709. The van der Waals surface area contributed by atoms with Gasteiger partial charge in [0.05, 0.1) is 0 Å². The molecule has 3 N–H and O–H groups in total. The number of guanidine groups is 1. The highest BCUT2D eigenvalue weighted by atomic mass is 32.2. The third-order valence-electron chi connectivity index (χ3n) is 4.55. The molecule has 0 saturated heterocycles. The van der Waals surface area contributed by atoms with Crippen LogP contribution in [0.5, 0.6) is 5.75 Å². The Morgan fingerprint density at radius 3 is 2.92 bits per heavy atom. The number of aliphatic imine (C=N–C) groups is 1. The maximum absolute atomic E-state index is 12.1. The van der Waals surface area contributed by atoms with Crippen molar-refractivity contribution in [1.82, 2.24) is 10.6 Å². The van der Waals surface area contributed by atoms with Crippen LogP contribution in [0.4, 0.5) is 0 Å². The molecule has 25 heavy (non-hydrogen) atoms. The third kappa shape index (κ3) is 6.69. The first-order valence-electron chi connectivity index (χ1n) is 9.32. The molecule has 0 radical (unpaired) electrons. The van der Waals surface area contributed by atoms with E-state index < -0.39 is 10.8 Å². The maximum Gasteiger partial charge on any atom is 0.191 e. The Kier molecular flexibility index (Phi) is 8.25. The van der Waals surface area contributed by atoms with E-state index in [1.54, 1.807) is 12.1 Å². The molecule has 1 aromatic rings. The lowest BCUT2D eigenvalue weighted by Crippen LogP contribution is -2.46.